The van der Waals surface area contributed by atoms with Crippen molar-refractivity contribution in [1.29, 1.82) is 0 Å². The summed E-state index contributed by atoms with van der Waals surface area (Å²) in [6, 6.07) is 9.39. The molecule has 0 aliphatic carbocycles. The number of carboxylic acid groups (broad SMARTS) is 1. The zero-order valence-corrected chi connectivity index (χ0v) is 10.4. The summed E-state index contributed by atoms with van der Waals surface area (Å²) in [5, 5.41) is 8.96. The summed E-state index contributed by atoms with van der Waals surface area (Å²) in [5.74, 6) is -0.847. The van der Waals surface area contributed by atoms with Crippen LogP contribution in [0.1, 0.15) is 11.3 Å². The van der Waals surface area contributed by atoms with E-state index in [2.05, 4.69) is 9.97 Å². The molecule has 2 heterocycles. The molecule has 0 saturated heterocycles. The van der Waals surface area contributed by atoms with Crippen LogP contribution in [0.5, 0.6) is 0 Å². The first-order chi connectivity index (χ1) is 9.24. The average molecular weight is 257 g/mol. The molecule has 0 aliphatic heterocycles. The van der Waals surface area contributed by atoms with E-state index in [9.17, 15) is 4.79 Å². The largest absolute Gasteiger partial charge is 0.480 e. The fraction of sp³-hybridized carbons (Fsp3) is 0.214. The van der Waals surface area contributed by atoms with Gasteiger partial charge in [-0.2, -0.15) is 0 Å². The monoisotopic (exact) mass is 257 g/mol. The molecule has 0 spiro atoms. The maximum absolute atomic E-state index is 10.9. The number of hydrogen-bond donors (Lipinski definition) is 1. The van der Waals surface area contributed by atoms with Crippen molar-refractivity contribution in [2.24, 2.45) is 0 Å². The molecule has 0 unspecified atom stereocenters. The minimum atomic E-state index is -0.847. The average Bonchev–Trinajstić information content (AvgIpc) is 2.40. The summed E-state index contributed by atoms with van der Waals surface area (Å²) in [6.45, 7) is 1.02. The van der Waals surface area contributed by atoms with Crippen LogP contribution in [0, 0.1) is 0 Å². The first-order valence-electron chi connectivity index (χ1n) is 5.97. The number of pyridine rings is 2. The van der Waals surface area contributed by atoms with Crippen LogP contribution in [0.15, 0.2) is 48.9 Å². The van der Waals surface area contributed by atoms with Gasteiger partial charge in [-0.25, -0.2) is 0 Å². The Morgan fingerprint density at radius 2 is 2.05 bits per heavy atom. The number of aromatic nitrogens is 2. The van der Waals surface area contributed by atoms with Crippen molar-refractivity contribution in [3.05, 3.63) is 60.2 Å². The summed E-state index contributed by atoms with van der Waals surface area (Å²) in [6.07, 6.45) is 5.15. The van der Waals surface area contributed by atoms with Gasteiger partial charge in [-0.05, 0) is 23.8 Å². The number of nitrogens with zero attached hydrogens (tertiary/aromatic N) is 3. The van der Waals surface area contributed by atoms with Crippen molar-refractivity contribution in [2.45, 2.75) is 13.1 Å². The van der Waals surface area contributed by atoms with E-state index in [4.69, 9.17) is 5.11 Å². The van der Waals surface area contributed by atoms with E-state index in [0.717, 1.165) is 11.3 Å². The molecule has 2 aromatic rings. The van der Waals surface area contributed by atoms with Crippen molar-refractivity contribution in [2.75, 3.05) is 6.54 Å². The van der Waals surface area contributed by atoms with Crippen LogP contribution in [0.4, 0.5) is 0 Å². The number of carboxylic acids is 1. The molecule has 1 N–H and O–H groups in total. The molecular formula is C14H15N3O2. The predicted octanol–water partition coefficient (Wildman–Crippen LogP) is 1.56. The van der Waals surface area contributed by atoms with Gasteiger partial charge in [0, 0.05) is 31.7 Å². The van der Waals surface area contributed by atoms with E-state index in [-0.39, 0.29) is 6.54 Å². The molecule has 98 valence electrons. The van der Waals surface area contributed by atoms with Gasteiger partial charge in [-0.3, -0.25) is 19.7 Å². The minimum Gasteiger partial charge on any atom is -0.480 e. The lowest BCUT2D eigenvalue weighted by Crippen LogP contribution is -2.29. The van der Waals surface area contributed by atoms with Gasteiger partial charge in [0.2, 0.25) is 0 Å². The summed E-state index contributed by atoms with van der Waals surface area (Å²) < 4.78 is 0. The van der Waals surface area contributed by atoms with Gasteiger partial charge in [0.05, 0.1) is 12.2 Å². The number of hydrogen-bond acceptors (Lipinski definition) is 4. The van der Waals surface area contributed by atoms with Crippen LogP contribution in [-0.2, 0) is 17.9 Å². The minimum absolute atomic E-state index is 0.0224. The number of rotatable bonds is 6. The van der Waals surface area contributed by atoms with Crippen LogP contribution in [-0.4, -0.2) is 32.5 Å². The molecule has 0 atom stereocenters. The third kappa shape index (κ3) is 4.48. The van der Waals surface area contributed by atoms with Gasteiger partial charge in [0.15, 0.2) is 0 Å². The molecule has 0 saturated carbocycles. The Kier molecular flexibility index (Phi) is 4.58. The SMILES string of the molecule is O=C(O)CN(Cc1cccnc1)Cc1ccccn1. The Balaban J connectivity index is 2.06. The molecule has 0 radical (unpaired) electrons. The molecular weight excluding hydrogens is 242 g/mol. The first-order valence-corrected chi connectivity index (χ1v) is 5.97. The van der Waals surface area contributed by atoms with Crippen LogP contribution < -0.4 is 0 Å². The first kappa shape index (κ1) is 13.2. The fourth-order valence-corrected chi connectivity index (χ4v) is 1.83. The maximum atomic E-state index is 10.9. The Labute approximate surface area is 111 Å². The lowest BCUT2D eigenvalue weighted by atomic mass is 10.2. The standard InChI is InChI=1S/C14H15N3O2/c18-14(19)11-17(9-12-4-3-6-15-8-12)10-13-5-1-2-7-16-13/h1-8H,9-11H2,(H,18,19). The summed E-state index contributed by atoms with van der Waals surface area (Å²) >= 11 is 0. The molecule has 5 heteroatoms. The molecule has 0 bridgehead atoms. The summed E-state index contributed by atoms with van der Waals surface area (Å²) in [5.41, 5.74) is 1.84. The van der Waals surface area contributed by atoms with Crippen molar-refractivity contribution < 1.29 is 9.90 Å². The lowest BCUT2D eigenvalue weighted by molar-refractivity contribution is -0.138. The highest BCUT2D eigenvalue weighted by Crippen LogP contribution is 2.07. The fourth-order valence-electron chi connectivity index (χ4n) is 1.83. The predicted molar refractivity (Wildman–Crippen MR) is 70.2 cm³/mol. The van der Waals surface area contributed by atoms with Crippen molar-refractivity contribution in [3.63, 3.8) is 0 Å². The van der Waals surface area contributed by atoms with Crippen molar-refractivity contribution in [1.82, 2.24) is 14.9 Å². The van der Waals surface area contributed by atoms with Crippen LogP contribution in [0.2, 0.25) is 0 Å². The van der Waals surface area contributed by atoms with Gasteiger partial charge in [0.25, 0.3) is 0 Å². The maximum Gasteiger partial charge on any atom is 0.317 e. The van der Waals surface area contributed by atoms with E-state index in [1.54, 1.807) is 18.6 Å². The van der Waals surface area contributed by atoms with Gasteiger partial charge in [0.1, 0.15) is 0 Å². The van der Waals surface area contributed by atoms with E-state index in [0.29, 0.717) is 13.1 Å². The Hall–Kier alpha value is -2.27. The summed E-state index contributed by atoms with van der Waals surface area (Å²) in [4.78, 5) is 21.0. The van der Waals surface area contributed by atoms with Crippen LogP contribution >= 0.6 is 0 Å². The van der Waals surface area contributed by atoms with Crippen LogP contribution in [0.25, 0.3) is 0 Å². The van der Waals surface area contributed by atoms with Crippen molar-refractivity contribution >= 4 is 5.97 Å². The molecule has 0 fully saturated rings. The van der Waals surface area contributed by atoms with E-state index in [1.165, 1.54) is 0 Å². The van der Waals surface area contributed by atoms with Crippen LogP contribution in [0.3, 0.4) is 0 Å². The van der Waals surface area contributed by atoms with Gasteiger partial charge in [-0.15, -0.1) is 0 Å². The second-order valence-electron chi connectivity index (χ2n) is 4.22. The Morgan fingerprint density at radius 1 is 1.16 bits per heavy atom. The molecule has 19 heavy (non-hydrogen) atoms. The molecule has 0 aromatic carbocycles. The quantitative estimate of drug-likeness (QED) is 0.850. The highest BCUT2D eigenvalue weighted by Gasteiger charge is 2.11. The van der Waals surface area contributed by atoms with E-state index in [1.807, 2.05) is 35.2 Å². The molecule has 0 amide bonds. The molecule has 0 aliphatic rings. The third-order valence-electron chi connectivity index (χ3n) is 2.60. The molecule has 2 aromatic heterocycles. The zero-order chi connectivity index (χ0) is 13.5. The second kappa shape index (κ2) is 6.61. The lowest BCUT2D eigenvalue weighted by Gasteiger charge is -2.19. The number of aliphatic carboxylic acids is 1. The van der Waals surface area contributed by atoms with E-state index < -0.39 is 5.97 Å². The normalized spacial score (nSPS) is 10.6. The summed E-state index contributed by atoms with van der Waals surface area (Å²) in [7, 11) is 0. The Morgan fingerprint density at radius 3 is 2.68 bits per heavy atom. The second-order valence-corrected chi connectivity index (χ2v) is 4.22. The van der Waals surface area contributed by atoms with E-state index >= 15 is 0 Å². The third-order valence-corrected chi connectivity index (χ3v) is 2.60. The molecule has 5 nitrogen and oxygen atoms in total. The smallest absolute Gasteiger partial charge is 0.317 e. The van der Waals surface area contributed by atoms with Gasteiger partial charge >= 0.3 is 5.97 Å². The Bertz CT molecular complexity index is 475. The topological polar surface area (TPSA) is 66.3 Å². The highest BCUT2D eigenvalue weighted by molar-refractivity contribution is 5.69. The van der Waals surface area contributed by atoms with Crippen molar-refractivity contribution in [3.8, 4) is 0 Å². The molecule has 2 rings (SSSR count). The zero-order valence-electron chi connectivity index (χ0n) is 10.4. The number of carbonyl (C=O) groups is 1. The van der Waals surface area contributed by atoms with Gasteiger partial charge in [-0.1, -0.05) is 12.1 Å². The highest BCUT2D eigenvalue weighted by atomic mass is 16.4. The van der Waals surface area contributed by atoms with Gasteiger partial charge < -0.3 is 5.11 Å².